The van der Waals surface area contributed by atoms with Crippen molar-refractivity contribution in [3.05, 3.63) is 60.2 Å². The van der Waals surface area contributed by atoms with E-state index in [0.717, 1.165) is 0 Å². The number of benzene rings is 2. The first kappa shape index (κ1) is 15.6. The summed E-state index contributed by atoms with van der Waals surface area (Å²) in [6, 6.07) is 15.1. The first-order valence-corrected chi connectivity index (χ1v) is 6.82. The molecule has 2 aromatic rings. The molecule has 0 bridgehead atoms. The fraction of sp³-hybridized carbons (Fsp3) is 0.176. The van der Waals surface area contributed by atoms with Gasteiger partial charge in [-0.05, 0) is 31.2 Å². The maximum Gasteiger partial charge on any atom is 0.342 e. The number of hydrogen-bond acceptors (Lipinski definition) is 4. The van der Waals surface area contributed by atoms with Crippen LogP contribution in [0.5, 0.6) is 5.75 Å². The van der Waals surface area contributed by atoms with Crippen LogP contribution >= 0.6 is 0 Å². The summed E-state index contributed by atoms with van der Waals surface area (Å²) < 4.78 is 5.13. The molecule has 114 valence electrons. The third-order valence-corrected chi connectivity index (χ3v) is 3.23. The van der Waals surface area contributed by atoms with Gasteiger partial charge in [0, 0.05) is 12.7 Å². The first-order valence-electron chi connectivity index (χ1n) is 6.82. The van der Waals surface area contributed by atoms with E-state index in [9.17, 15) is 14.7 Å². The first-order chi connectivity index (χ1) is 10.5. The van der Waals surface area contributed by atoms with E-state index in [0.29, 0.717) is 5.69 Å². The van der Waals surface area contributed by atoms with Crippen LogP contribution in [0.4, 0.5) is 5.69 Å². The molecule has 2 aromatic carbocycles. The Morgan fingerprint density at radius 2 is 1.64 bits per heavy atom. The molecule has 2 rings (SSSR count). The summed E-state index contributed by atoms with van der Waals surface area (Å²) >= 11 is 0. The minimum Gasteiger partial charge on any atom is -0.507 e. The molecule has 1 atom stereocenters. The van der Waals surface area contributed by atoms with Crippen LogP contribution in [0, 0.1) is 0 Å². The Labute approximate surface area is 128 Å². The molecule has 0 unspecified atom stereocenters. The maximum absolute atomic E-state index is 12.3. The Balaban J connectivity index is 2.06. The van der Waals surface area contributed by atoms with Crippen molar-refractivity contribution in [3.8, 4) is 5.75 Å². The molecular weight excluding hydrogens is 282 g/mol. The number of hydrogen-bond donors (Lipinski definition) is 1. The van der Waals surface area contributed by atoms with Gasteiger partial charge in [-0.2, -0.15) is 0 Å². The Morgan fingerprint density at radius 1 is 1.05 bits per heavy atom. The Bertz CT molecular complexity index is 669. The van der Waals surface area contributed by atoms with Crippen molar-refractivity contribution in [1.29, 1.82) is 0 Å². The van der Waals surface area contributed by atoms with Gasteiger partial charge in [0.2, 0.25) is 0 Å². The molecule has 0 spiro atoms. The predicted octanol–water partition coefficient (Wildman–Crippen LogP) is 2.60. The second-order valence-corrected chi connectivity index (χ2v) is 4.80. The van der Waals surface area contributed by atoms with E-state index in [-0.39, 0.29) is 17.2 Å². The lowest BCUT2D eigenvalue weighted by molar-refractivity contribution is -0.126. The molecule has 0 heterocycles. The van der Waals surface area contributed by atoms with Crippen molar-refractivity contribution < 1.29 is 19.4 Å². The second kappa shape index (κ2) is 6.76. The average molecular weight is 299 g/mol. The number of aromatic hydroxyl groups is 1. The van der Waals surface area contributed by atoms with E-state index in [1.54, 1.807) is 31.3 Å². The maximum atomic E-state index is 12.3. The van der Waals surface area contributed by atoms with E-state index in [4.69, 9.17) is 4.74 Å². The second-order valence-electron chi connectivity index (χ2n) is 4.80. The van der Waals surface area contributed by atoms with Gasteiger partial charge in [0.05, 0.1) is 0 Å². The number of para-hydroxylation sites is 2. The zero-order chi connectivity index (χ0) is 16.1. The van der Waals surface area contributed by atoms with E-state index in [1.807, 2.05) is 18.2 Å². The smallest absolute Gasteiger partial charge is 0.342 e. The van der Waals surface area contributed by atoms with E-state index >= 15 is 0 Å². The van der Waals surface area contributed by atoms with Crippen molar-refractivity contribution in [1.82, 2.24) is 0 Å². The van der Waals surface area contributed by atoms with Gasteiger partial charge < -0.3 is 14.7 Å². The minimum atomic E-state index is -0.961. The van der Waals surface area contributed by atoms with Gasteiger partial charge in [0.15, 0.2) is 6.10 Å². The quantitative estimate of drug-likeness (QED) is 0.881. The van der Waals surface area contributed by atoms with Gasteiger partial charge >= 0.3 is 5.97 Å². The third-order valence-electron chi connectivity index (χ3n) is 3.23. The zero-order valence-corrected chi connectivity index (χ0v) is 12.4. The van der Waals surface area contributed by atoms with Crippen LogP contribution in [0.25, 0.3) is 0 Å². The van der Waals surface area contributed by atoms with Crippen molar-refractivity contribution in [3.63, 3.8) is 0 Å². The van der Waals surface area contributed by atoms with Crippen LogP contribution in [0.3, 0.4) is 0 Å². The van der Waals surface area contributed by atoms with E-state index in [2.05, 4.69) is 0 Å². The lowest BCUT2D eigenvalue weighted by Gasteiger charge is -2.21. The number of esters is 1. The van der Waals surface area contributed by atoms with Crippen LogP contribution in [-0.4, -0.2) is 30.1 Å². The van der Waals surface area contributed by atoms with Gasteiger partial charge in [-0.1, -0.05) is 30.3 Å². The SMILES string of the molecule is C[C@@H](OC(=O)c1ccccc1O)C(=O)N(C)c1ccccc1. The molecule has 0 aliphatic heterocycles. The number of carbonyl (C=O) groups is 2. The number of phenolic OH excluding ortho intramolecular Hbond substituents is 1. The van der Waals surface area contributed by atoms with Crippen LogP contribution in [0.1, 0.15) is 17.3 Å². The van der Waals surface area contributed by atoms with Gasteiger partial charge in [0.1, 0.15) is 11.3 Å². The minimum absolute atomic E-state index is 0.0320. The molecule has 0 saturated heterocycles. The average Bonchev–Trinajstić information content (AvgIpc) is 2.54. The van der Waals surface area contributed by atoms with Crippen molar-refractivity contribution in [2.24, 2.45) is 0 Å². The summed E-state index contributed by atoms with van der Waals surface area (Å²) in [5.41, 5.74) is 0.738. The summed E-state index contributed by atoms with van der Waals surface area (Å²) in [4.78, 5) is 25.7. The van der Waals surface area contributed by atoms with Crippen molar-refractivity contribution in [2.75, 3.05) is 11.9 Å². The van der Waals surface area contributed by atoms with E-state index in [1.165, 1.54) is 24.0 Å². The lowest BCUT2D eigenvalue weighted by Crippen LogP contribution is -2.37. The number of anilines is 1. The Hall–Kier alpha value is -2.82. The number of carbonyl (C=O) groups excluding carboxylic acids is 2. The topological polar surface area (TPSA) is 66.8 Å². The summed E-state index contributed by atoms with van der Waals surface area (Å²) in [5.74, 6) is -1.26. The number of nitrogens with zero attached hydrogens (tertiary/aromatic N) is 1. The van der Waals surface area contributed by atoms with Crippen LogP contribution < -0.4 is 4.90 Å². The normalized spacial score (nSPS) is 11.5. The third kappa shape index (κ3) is 3.44. The number of amides is 1. The van der Waals surface area contributed by atoms with Gasteiger partial charge in [-0.15, -0.1) is 0 Å². The number of rotatable bonds is 4. The molecular formula is C17H17NO4. The molecule has 0 fully saturated rings. The lowest BCUT2D eigenvalue weighted by atomic mass is 10.2. The molecule has 22 heavy (non-hydrogen) atoms. The predicted molar refractivity (Wildman–Crippen MR) is 82.8 cm³/mol. The van der Waals surface area contributed by atoms with Gasteiger partial charge in [-0.3, -0.25) is 4.79 Å². The zero-order valence-electron chi connectivity index (χ0n) is 12.4. The molecule has 0 saturated carbocycles. The molecule has 5 heteroatoms. The van der Waals surface area contributed by atoms with E-state index < -0.39 is 12.1 Å². The highest BCUT2D eigenvalue weighted by molar-refractivity contribution is 5.99. The van der Waals surface area contributed by atoms with Crippen LogP contribution in [-0.2, 0) is 9.53 Å². The number of ether oxygens (including phenoxy) is 1. The van der Waals surface area contributed by atoms with Crippen LogP contribution in [0.2, 0.25) is 0 Å². The highest BCUT2D eigenvalue weighted by Crippen LogP contribution is 2.18. The molecule has 0 radical (unpaired) electrons. The van der Waals surface area contributed by atoms with Crippen molar-refractivity contribution in [2.45, 2.75) is 13.0 Å². The summed E-state index contributed by atoms with van der Waals surface area (Å²) in [7, 11) is 1.61. The summed E-state index contributed by atoms with van der Waals surface area (Å²) in [6.45, 7) is 1.50. The molecule has 1 amide bonds. The van der Waals surface area contributed by atoms with Gasteiger partial charge in [0.25, 0.3) is 5.91 Å². The molecule has 0 aliphatic rings. The van der Waals surface area contributed by atoms with Crippen LogP contribution in [0.15, 0.2) is 54.6 Å². The molecule has 1 N–H and O–H groups in total. The molecule has 0 aromatic heterocycles. The number of phenols is 1. The fourth-order valence-electron chi connectivity index (χ4n) is 1.97. The van der Waals surface area contributed by atoms with Gasteiger partial charge in [-0.25, -0.2) is 4.79 Å². The summed E-state index contributed by atoms with van der Waals surface area (Å²) in [6.07, 6.45) is -0.961. The summed E-state index contributed by atoms with van der Waals surface area (Å²) in [5, 5.41) is 9.62. The monoisotopic (exact) mass is 299 g/mol. The Kier molecular flexibility index (Phi) is 4.78. The molecule has 0 aliphatic carbocycles. The van der Waals surface area contributed by atoms with Crippen molar-refractivity contribution >= 4 is 17.6 Å². The molecule has 5 nitrogen and oxygen atoms in total. The highest BCUT2D eigenvalue weighted by atomic mass is 16.5. The largest absolute Gasteiger partial charge is 0.507 e. The fourth-order valence-corrected chi connectivity index (χ4v) is 1.97. The highest BCUT2D eigenvalue weighted by Gasteiger charge is 2.24. The Morgan fingerprint density at radius 3 is 2.27 bits per heavy atom. The standard InChI is InChI=1S/C17H17NO4/c1-12(16(20)18(2)13-8-4-3-5-9-13)22-17(21)14-10-6-7-11-15(14)19/h3-12,19H,1-2H3/t12-/m1/s1. The number of likely N-dealkylation sites (N-methyl/N-ethyl adjacent to an activating group) is 1.